The first-order chi connectivity index (χ1) is 12.4. The van der Waals surface area contributed by atoms with E-state index in [0.29, 0.717) is 19.8 Å². The number of alkyl halides is 9. The van der Waals surface area contributed by atoms with Crippen LogP contribution in [0.2, 0.25) is 0 Å². The lowest BCUT2D eigenvalue weighted by Gasteiger charge is -2.40. The van der Waals surface area contributed by atoms with E-state index in [1.807, 2.05) is 6.08 Å². The topological polar surface area (TPSA) is 29.5 Å². The molecule has 5 unspecified atom stereocenters. The number of halogens is 9. The first kappa shape index (κ1) is 23.3. The Morgan fingerprint density at radius 3 is 1.79 bits per heavy atom. The molecule has 0 amide bonds. The second-order valence-corrected chi connectivity index (χ2v) is 8.03. The molecule has 0 aromatic rings. The molecule has 2 aliphatic rings. The molecule has 28 heavy (non-hydrogen) atoms. The minimum Gasteiger partial charge on any atom is -0.374 e. The van der Waals surface area contributed by atoms with Gasteiger partial charge >= 0.3 is 18.5 Å². The molecule has 0 aromatic heterocycles. The highest BCUT2D eigenvalue weighted by molar-refractivity contribution is 5.11. The molecule has 11 heteroatoms. The lowest BCUT2D eigenvalue weighted by molar-refractivity contribution is -0.373. The Kier molecular flexibility index (Phi) is 5.89. The van der Waals surface area contributed by atoms with Gasteiger partial charge < -0.3 is 9.84 Å². The highest BCUT2D eigenvalue weighted by atomic mass is 19.4. The average molecular weight is 428 g/mol. The number of aliphatic hydroxyl groups is 1. The van der Waals surface area contributed by atoms with E-state index < -0.39 is 54.6 Å². The maximum Gasteiger partial charge on any atom is 0.426 e. The highest BCUT2D eigenvalue weighted by Crippen LogP contribution is 2.50. The number of hydrogen-bond donors (Lipinski definition) is 1. The Hall–Kier alpha value is -0.970. The molecule has 1 saturated carbocycles. The third kappa shape index (κ3) is 4.29. The molecular formula is C17H21F9O2. The van der Waals surface area contributed by atoms with Crippen LogP contribution >= 0.6 is 0 Å². The molecule has 0 radical (unpaired) electrons. The molecule has 0 aromatic carbocycles. The van der Waals surface area contributed by atoms with Gasteiger partial charge in [0, 0.05) is 5.92 Å². The summed E-state index contributed by atoms with van der Waals surface area (Å²) in [5.41, 5.74) is -8.03. The molecule has 5 atom stereocenters. The van der Waals surface area contributed by atoms with Crippen LogP contribution in [-0.4, -0.2) is 40.9 Å². The lowest BCUT2D eigenvalue weighted by Crippen LogP contribution is -2.58. The summed E-state index contributed by atoms with van der Waals surface area (Å²) in [6, 6.07) is 0. The van der Waals surface area contributed by atoms with Crippen LogP contribution in [0.1, 0.15) is 39.5 Å². The molecule has 0 spiro atoms. The van der Waals surface area contributed by atoms with Crippen molar-refractivity contribution in [2.45, 2.75) is 75.4 Å². The predicted octanol–water partition coefficient (Wildman–Crippen LogP) is 5.56. The van der Waals surface area contributed by atoms with E-state index in [4.69, 9.17) is 4.74 Å². The van der Waals surface area contributed by atoms with Gasteiger partial charge in [0.1, 0.15) is 0 Å². The summed E-state index contributed by atoms with van der Waals surface area (Å²) in [6.45, 7) is 1.43. The summed E-state index contributed by atoms with van der Waals surface area (Å²) in [4.78, 5) is 0. The van der Waals surface area contributed by atoms with Crippen LogP contribution in [0.25, 0.3) is 0 Å². The zero-order valence-corrected chi connectivity index (χ0v) is 15.0. The molecule has 1 N–H and O–H groups in total. The Balaban J connectivity index is 2.18. The van der Waals surface area contributed by atoms with Gasteiger partial charge in [0.2, 0.25) is 0 Å². The van der Waals surface area contributed by atoms with Crippen molar-refractivity contribution in [2.24, 2.45) is 17.8 Å². The van der Waals surface area contributed by atoms with E-state index in [2.05, 4.69) is 0 Å². The van der Waals surface area contributed by atoms with Crippen LogP contribution in [0.3, 0.4) is 0 Å². The summed E-state index contributed by atoms with van der Waals surface area (Å²) in [6.07, 6.45) is -16.6. The molecule has 0 heterocycles. The number of rotatable bonds is 6. The highest BCUT2D eigenvalue weighted by Gasteiger charge is 2.70. The van der Waals surface area contributed by atoms with Crippen LogP contribution in [0.5, 0.6) is 0 Å². The minimum atomic E-state index is -6.08. The largest absolute Gasteiger partial charge is 0.426 e. The van der Waals surface area contributed by atoms with Gasteiger partial charge in [0.05, 0.1) is 6.10 Å². The van der Waals surface area contributed by atoms with E-state index >= 15 is 0 Å². The van der Waals surface area contributed by atoms with Gasteiger partial charge in [-0.3, -0.25) is 0 Å². The SMILES string of the molecule is CC(CC(C)(OC1CC2C=CC1C2)C(F)(F)F)CC(O)(C(F)(F)F)C(F)(F)F. The van der Waals surface area contributed by atoms with Crippen LogP contribution < -0.4 is 0 Å². The van der Waals surface area contributed by atoms with Crippen LogP contribution in [0.4, 0.5) is 39.5 Å². The smallest absolute Gasteiger partial charge is 0.374 e. The van der Waals surface area contributed by atoms with Crippen molar-refractivity contribution in [2.75, 3.05) is 0 Å². The first-order valence-electron chi connectivity index (χ1n) is 8.68. The Morgan fingerprint density at radius 2 is 1.43 bits per heavy atom. The van der Waals surface area contributed by atoms with Crippen LogP contribution in [-0.2, 0) is 4.74 Å². The molecule has 0 saturated heterocycles. The number of allylic oxidation sites excluding steroid dienone is 1. The molecule has 2 rings (SSSR count). The molecule has 2 aliphatic carbocycles. The quantitative estimate of drug-likeness (QED) is 0.443. The van der Waals surface area contributed by atoms with Gasteiger partial charge in [-0.25, -0.2) is 0 Å². The fourth-order valence-corrected chi connectivity index (χ4v) is 4.06. The summed E-state index contributed by atoms with van der Waals surface area (Å²) in [5, 5.41) is 9.24. The maximum atomic E-state index is 13.6. The monoisotopic (exact) mass is 428 g/mol. The van der Waals surface area contributed by atoms with Gasteiger partial charge in [-0.2, -0.15) is 39.5 Å². The van der Waals surface area contributed by atoms with E-state index in [1.54, 1.807) is 6.08 Å². The predicted molar refractivity (Wildman–Crippen MR) is 80.1 cm³/mol. The van der Waals surface area contributed by atoms with Crippen molar-refractivity contribution in [3.8, 4) is 0 Å². The number of fused-ring (bicyclic) bond motifs is 2. The molecule has 164 valence electrons. The molecule has 2 nitrogen and oxygen atoms in total. The fraction of sp³-hybridized carbons (Fsp3) is 0.882. The average Bonchev–Trinajstić information content (AvgIpc) is 3.05. The van der Waals surface area contributed by atoms with Gasteiger partial charge in [0.25, 0.3) is 5.60 Å². The third-order valence-electron chi connectivity index (χ3n) is 5.55. The molecular weight excluding hydrogens is 407 g/mol. The summed E-state index contributed by atoms with van der Waals surface area (Å²) < 4.78 is 123. The zero-order chi connectivity index (χ0) is 21.8. The van der Waals surface area contributed by atoms with E-state index in [0.717, 1.165) is 6.92 Å². The van der Waals surface area contributed by atoms with Crippen molar-refractivity contribution < 1.29 is 49.4 Å². The zero-order valence-electron chi connectivity index (χ0n) is 15.0. The van der Waals surface area contributed by atoms with Crippen LogP contribution in [0, 0.1) is 17.8 Å². The molecule has 1 fully saturated rings. The first-order valence-corrected chi connectivity index (χ1v) is 8.68. The van der Waals surface area contributed by atoms with Gasteiger partial charge in [-0.1, -0.05) is 19.1 Å². The summed E-state index contributed by atoms with van der Waals surface area (Å²) in [7, 11) is 0. The second-order valence-electron chi connectivity index (χ2n) is 8.03. The van der Waals surface area contributed by atoms with E-state index in [9.17, 15) is 44.6 Å². The van der Waals surface area contributed by atoms with Crippen molar-refractivity contribution in [3.63, 3.8) is 0 Å². The molecule has 0 aliphatic heterocycles. The minimum absolute atomic E-state index is 0.0606. The Bertz CT molecular complexity index is 579. The lowest BCUT2D eigenvalue weighted by atomic mass is 9.83. The van der Waals surface area contributed by atoms with Gasteiger partial charge in [-0.05, 0) is 44.4 Å². The van der Waals surface area contributed by atoms with Gasteiger partial charge in [0.15, 0.2) is 5.60 Å². The standard InChI is InChI=1S/C17H21F9O2/c1-9(8-14(27,16(21,22)23)17(24,25)26)7-13(2,15(18,19)20)28-12-6-10-3-4-11(12)5-10/h3-4,9-12,27H,5-8H2,1-2H3. The Labute approximate surface area is 155 Å². The summed E-state index contributed by atoms with van der Waals surface area (Å²) in [5.74, 6) is -1.98. The number of hydrogen-bond acceptors (Lipinski definition) is 2. The van der Waals surface area contributed by atoms with Crippen molar-refractivity contribution in [1.82, 2.24) is 0 Å². The fourth-order valence-electron chi connectivity index (χ4n) is 4.06. The normalized spacial score (nSPS) is 29.2. The van der Waals surface area contributed by atoms with Crippen molar-refractivity contribution in [1.29, 1.82) is 0 Å². The number of ether oxygens (including phenoxy) is 1. The van der Waals surface area contributed by atoms with Crippen molar-refractivity contribution in [3.05, 3.63) is 12.2 Å². The van der Waals surface area contributed by atoms with Crippen molar-refractivity contribution >= 4 is 0 Å². The van der Waals surface area contributed by atoms with Crippen LogP contribution in [0.15, 0.2) is 12.2 Å². The van der Waals surface area contributed by atoms with E-state index in [1.165, 1.54) is 0 Å². The van der Waals surface area contributed by atoms with E-state index in [-0.39, 0.29) is 11.8 Å². The van der Waals surface area contributed by atoms with Gasteiger partial charge in [-0.15, -0.1) is 0 Å². The molecule has 2 bridgehead atoms. The third-order valence-corrected chi connectivity index (χ3v) is 5.55. The Morgan fingerprint density at radius 1 is 0.893 bits per heavy atom. The maximum absolute atomic E-state index is 13.6. The summed E-state index contributed by atoms with van der Waals surface area (Å²) >= 11 is 0. The second kappa shape index (κ2) is 7.07.